The maximum absolute atomic E-state index is 5.96. The van der Waals surface area contributed by atoms with E-state index in [0.717, 1.165) is 24.0 Å². The zero-order chi connectivity index (χ0) is 12.4. The van der Waals surface area contributed by atoms with Gasteiger partial charge in [-0.05, 0) is 30.2 Å². The van der Waals surface area contributed by atoms with Crippen LogP contribution in [0, 0.1) is 0 Å². The molecule has 0 aromatic heterocycles. The van der Waals surface area contributed by atoms with Gasteiger partial charge in [-0.2, -0.15) is 11.8 Å². The van der Waals surface area contributed by atoms with Gasteiger partial charge >= 0.3 is 0 Å². The van der Waals surface area contributed by atoms with Crippen molar-refractivity contribution in [1.29, 1.82) is 0 Å². The highest BCUT2D eigenvalue weighted by Gasteiger charge is 2.26. The summed E-state index contributed by atoms with van der Waals surface area (Å²) >= 11 is 2.09. The second kappa shape index (κ2) is 5.54. The molecule has 1 aromatic carbocycles. The molecule has 3 heteroatoms. The first kappa shape index (κ1) is 12.4. The smallest absolute Gasteiger partial charge is 0.123 e. The summed E-state index contributed by atoms with van der Waals surface area (Å²) in [6, 6.07) is 9.06. The minimum absolute atomic E-state index is 0.321. The Morgan fingerprint density at radius 2 is 2.28 bits per heavy atom. The number of thioether (sulfide) groups is 1. The first-order valence-electron chi connectivity index (χ1n) is 6.92. The molecule has 1 fully saturated rings. The van der Waals surface area contributed by atoms with E-state index >= 15 is 0 Å². The number of ether oxygens (including phenoxy) is 1. The number of rotatable bonds is 3. The monoisotopic (exact) mass is 263 g/mol. The molecule has 1 saturated heterocycles. The van der Waals surface area contributed by atoms with Crippen LogP contribution in [0.25, 0.3) is 0 Å². The van der Waals surface area contributed by atoms with Gasteiger partial charge in [-0.15, -0.1) is 0 Å². The normalized spacial score (nSPS) is 30.8. The molecule has 0 saturated carbocycles. The highest BCUT2D eigenvalue weighted by atomic mass is 32.2. The van der Waals surface area contributed by atoms with Crippen LogP contribution in [0.4, 0.5) is 0 Å². The van der Waals surface area contributed by atoms with Crippen molar-refractivity contribution in [3.8, 4) is 5.75 Å². The second-order valence-corrected chi connectivity index (χ2v) is 6.77. The molecule has 3 rings (SSSR count). The Morgan fingerprint density at radius 3 is 3.11 bits per heavy atom. The summed E-state index contributed by atoms with van der Waals surface area (Å²) in [5.74, 6) is 2.40. The fraction of sp³-hybridized carbons (Fsp3) is 0.600. The average molecular weight is 263 g/mol. The molecule has 0 spiro atoms. The molecule has 0 radical (unpaired) electrons. The Morgan fingerprint density at radius 1 is 1.39 bits per heavy atom. The minimum Gasteiger partial charge on any atom is -0.488 e. The van der Waals surface area contributed by atoms with Gasteiger partial charge in [-0.25, -0.2) is 0 Å². The highest BCUT2D eigenvalue weighted by molar-refractivity contribution is 7.99. The Bertz CT molecular complexity index is 384. The summed E-state index contributed by atoms with van der Waals surface area (Å²) in [5.41, 5.74) is 1.36. The van der Waals surface area contributed by atoms with Gasteiger partial charge in [0.1, 0.15) is 11.9 Å². The van der Waals surface area contributed by atoms with Crippen molar-refractivity contribution in [2.45, 2.75) is 43.6 Å². The molecule has 0 aliphatic carbocycles. The fourth-order valence-corrected chi connectivity index (χ4v) is 4.01. The van der Waals surface area contributed by atoms with E-state index < -0.39 is 0 Å². The standard InChI is InChI=1S/C15H21NOS/c1-11-14(6-4-8-18-11)16-10-13-9-12-5-2-3-7-15(12)17-13/h2-3,5,7,11,13-14,16H,4,6,8-10H2,1H3. The maximum Gasteiger partial charge on any atom is 0.123 e. The van der Waals surface area contributed by atoms with E-state index in [1.165, 1.54) is 24.2 Å². The predicted octanol–water partition coefficient (Wildman–Crippen LogP) is 2.86. The molecule has 1 N–H and O–H groups in total. The van der Waals surface area contributed by atoms with E-state index in [2.05, 4.69) is 48.3 Å². The van der Waals surface area contributed by atoms with E-state index in [-0.39, 0.29) is 0 Å². The first-order valence-corrected chi connectivity index (χ1v) is 7.97. The molecule has 2 aliphatic heterocycles. The van der Waals surface area contributed by atoms with Crippen LogP contribution in [0.2, 0.25) is 0 Å². The van der Waals surface area contributed by atoms with Crippen LogP contribution in [0.15, 0.2) is 24.3 Å². The lowest BCUT2D eigenvalue weighted by Gasteiger charge is -2.30. The topological polar surface area (TPSA) is 21.3 Å². The van der Waals surface area contributed by atoms with Crippen LogP contribution in [0.1, 0.15) is 25.3 Å². The third kappa shape index (κ3) is 2.67. The van der Waals surface area contributed by atoms with Crippen LogP contribution >= 0.6 is 11.8 Å². The molecule has 18 heavy (non-hydrogen) atoms. The van der Waals surface area contributed by atoms with Gasteiger partial charge in [-0.3, -0.25) is 0 Å². The molecular weight excluding hydrogens is 242 g/mol. The third-order valence-electron chi connectivity index (χ3n) is 3.93. The van der Waals surface area contributed by atoms with Crippen molar-refractivity contribution in [3.63, 3.8) is 0 Å². The number of hydrogen-bond donors (Lipinski definition) is 1. The molecule has 0 bridgehead atoms. The van der Waals surface area contributed by atoms with Gasteiger partial charge in [0.2, 0.25) is 0 Å². The summed E-state index contributed by atoms with van der Waals surface area (Å²) in [5, 5.41) is 4.44. The molecule has 0 amide bonds. The molecule has 2 nitrogen and oxygen atoms in total. The van der Waals surface area contributed by atoms with E-state index in [4.69, 9.17) is 4.74 Å². The van der Waals surface area contributed by atoms with E-state index in [9.17, 15) is 0 Å². The van der Waals surface area contributed by atoms with Crippen LogP contribution in [-0.4, -0.2) is 29.7 Å². The Hall–Kier alpha value is -0.670. The number of hydrogen-bond acceptors (Lipinski definition) is 3. The average Bonchev–Trinajstić information content (AvgIpc) is 2.80. The zero-order valence-electron chi connectivity index (χ0n) is 10.9. The molecule has 1 aromatic rings. The second-order valence-electron chi connectivity index (χ2n) is 5.28. The van der Waals surface area contributed by atoms with Gasteiger partial charge in [0.25, 0.3) is 0 Å². The summed E-state index contributed by atoms with van der Waals surface area (Å²) in [4.78, 5) is 0. The van der Waals surface area contributed by atoms with Crippen molar-refractivity contribution < 1.29 is 4.74 Å². The van der Waals surface area contributed by atoms with Gasteiger partial charge in [0.05, 0.1) is 0 Å². The third-order valence-corrected chi connectivity index (χ3v) is 5.31. The zero-order valence-corrected chi connectivity index (χ0v) is 11.7. The molecule has 3 atom stereocenters. The summed E-state index contributed by atoms with van der Waals surface area (Å²) < 4.78 is 5.96. The Labute approximate surface area is 113 Å². The number of fused-ring (bicyclic) bond motifs is 1. The SMILES string of the molecule is CC1SCCCC1NCC1Cc2ccccc2O1. The Kier molecular flexibility index (Phi) is 3.80. The predicted molar refractivity (Wildman–Crippen MR) is 77.5 cm³/mol. The fourth-order valence-electron chi connectivity index (χ4n) is 2.84. The van der Waals surface area contributed by atoms with Crippen LogP contribution in [0.3, 0.4) is 0 Å². The molecule has 2 aliphatic rings. The first-order chi connectivity index (χ1) is 8.83. The number of nitrogens with one attached hydrogen (secondary N) is 1. The van der Waals surface area contributed by atoms with Crippen LogP contribution in [0.5, 0.6) is 5.75 Å². The van der Waals surface area contributed by atoms with Crippen molar-refractivity contribution >= 4 is 11.8 Å². The van der Waals surface area contributed by atoms with Crippen molar-refractivity contribution in [3.05, 3.63) is 29.8 Å². The lowest BCUT2D eigenvalue weighted by atomic mass is 10.1. The lowest BCUT2D eigenvalue weighted by molar-refractivity contribution is 0.219. The number of para-hydroxylation sites is 1. The van der Waals surface area contributed by atoms with Crippen molar-refractivity contribution in [1.82, 2.24) is 5.32 Å². The largest absolute Gasteiger partial charge is 0.488 e. The van der Waals surface area contributed by atoms with Crippen LogP contribution < -0.4 is 10.1 Å². The molecular formula is C15H21NOS. The summed E-state index contributed by atoms with van der Waals surface area (Å²) in [6.45, 7) is 3.32. The molecule has 3 unspecified atom stereocenters. The van der Waals surface area contributed by atoms with E-state index in [1.807, 2.05) is 0 Å². The quantitative estimate of drug-likeness (QED) is 0.906. The van der Waals surface area contributed by atoms with Gasteiger partial charge in [0.15, 0.2) is 0 Å². The highest BCUT2D eigenvalue weighted by Crippen LogP contribution is 2.29. The lowest BCUT2D eigenvalue weighted by Crippen LogP contribution is -2.43. The van der Waals surface area contributed by atoms with E-state index in [0.29, 0.717) is 12.1 Å². The van der Waals surface area contributed by atoms with Gasteiger partial charge < -0.3 is 10.1 Å². The maximum atomic E-state index is 5.96. The Balaban J connectivity index is 1.51. The molecule has 98 valence electrons. The van der Waals surface area contributed by atoms with Crippen molar-refractivity contribution in [2.75, 3.05) is 12.3 Å². The molecule has 2 heterocycles. The summed E-state index contributed by atoms with van der Waals surface area (Å²) in [7, 11) is 0. The van der Waals surface area contributed by atoms with Crippen LogP contribution in [-0.2, 0) is 6.42 Å². The van der Waals surface area contributed by atoms with Gasteiger partial charge in [-0.1, -0.05) is 25.1 Å². The minimum atomic E-state index is 0.321. The van der Waals surface area contributed by atoms with Gasteiger partial charge in [0, 0.05) is 24.3 Å². The number of benzene rings is 1. The van der Waals surface area contributed by atoms with E-state index in [1.54, 1.807) is 0 Å². The van der Waals surface area contributed by atoms with Crippen molar-refractivity contribution in [2.24, 2.45) is 0 Å². The summed E-state index contributed by atoms with van der Waals surface area (Å²) in [6.07, 6.45) is 4.03.